The van der Waals surface area contributed by atoms with Crippen molar-refractivity contribution in [2.24, 2.45) is 0 Å². The van der Waals surface area contributed by atoms with Gasteiger partial charge in [0.15, 0.2) is 13.2 Å². The second kappa shape index (κ2) is 9.39. The lowest BCUT2D eigenvalue weighted by Crippen LogP contribution is -2.19. The van der Waals surface area contributed by atoms with Crippen molar-refractivity contribution in [3.05, 3.63) is 82.9 Å². The summed E-state index contributed by atoms with van der Waals surface area (Å²) in [5.41, 5.74) is 3.67. The fourth-order valence-electron chi connectivity index (χ4n) is 3.29. The number of carbonyl (C=O) groups excluding carboxylic acids is 2. The fraction of sp³-hybridized carbons (Fsp3) is 0.250. The Morgan fingerprint density at radius 1 is 1.00 bits per heavy atom. The molecule has 0 aliphatic heterocycles. The van der Waals surface area contributed by atoms with E-state index >= 15 is 0 Å². The number of esters is 1. The predicted octanol–water partition coefficient (Wildman–Crippen LogP) is 4.60. The van der Waals surface area contributed by atoms with Gasteiger partial charge in [-0.25, -0.2) is 9.18 Å². The zero-order chi connectivity index (χ0) is 21.7. The monoisotopic (exact) mass is 409 g/mol. The van der Waals surface area contributed by atoms with Crippen molar-refractivity contribution in [3.8, 4) is 11.4 Å². The van der Waals surface area contributed by atoms with E-state index in [0.717, 1.165) is 12.1 Å². The average molecular weight is 409 g/mol. The van der Waals surface area contributed by atoms with Crippen LogP contribution in [0.25, 0.3) is 5.69 Å². The molecule has 0 saturated carbocycles. The zero-order valence-corrected chi connectivity index (χ0v) is 17.3. The number of ether oxygens (including phenoxy) is 2. The Hall–Kier alpha value is -3.41. The first-order valence-electron chi connectivity index (χ1n) is 9.74. The maximum Gasteiger partial charge on any atom is 0.344 e. The van der Waals surface area contributed by atoms with Gasteiger partial charge in [0.05, 0.1) is 0 Å². The fourth-order valence-corrected chi connectivity index (χ4v) is 3.29. The number of ketones is 1. The molecule has 0 spiro atoms. The molecule has 0 fully saturated rings. The minimum absolute atomic E-state index is 0.277. The van der Waals surface area contributed by atoms with Gasteiger partial charge in [-0.1, -0.05) is 25.1 Å². The van der Waals surface area contributed by atoms with Crippen LogP contribution in [-0.2, 0) is 16.0 Å². The first-order valence-corrected chi connectivity index (χ1v) is 9.74. The number of benzene rings is 2. The van der Waals surface area contributed by atoms with Crippen LogP contribution >= 0.6 is 0 Å². The first-order chi connectivity index (χ1) is 14.4. The Morgan fingerprint density at radius 3 is 2.40 bits per heavy atom. The molecular formula is C24H24FNO4. The molecule has 156 valence electrons. The van der Waals surface area contributed by atoms with Crippen LogP contribution in [0.2, 0.25) is 0 Å². The van der Waals surface area contributed by atoms with Crippen LogP contribution in [0.1, 0.15) is 34.2 Å². The summed E-state index contributed by atoms with van der Waals surface area (Å²) in [6.45, 7) is 5.00. The van der Waals surface area contributed by atoms with Crippen molar-refractivity contribution in [1.82, 2.24) is 4.57 Å². The molecule has 3 rings (SSSR count). The normalized spacial score (nSPS) is 10.7. The molecule has 30 heavy (non-hydrogen) atoms. The van der Waals surface area contributed by atoms with E-state index in [1.807, 2.05) is 19.1 Å². The number of aryl methyl sites for hydroxylation is 2. The van der Waals surface area contributed by atoms with E-state index in [0.29, 0.717) is 22.7 Å². The number of aromatic nitrogens is 1. The molecule has 0 aliphatic carbocycles. The third-order valence-corrected chi connectivity index (χ3v) is 4.85. The maximum absolute atomic E-state index is 13.6. The molecule has 0 atom stereocenters. The highest BCUT2D eigenvalue weighted by molar-refractivity contribution is 5.99. The number of nitrogens with zero attached hydrogens (tertiary/aromatic N) is 1. The average Bonchev–Trinajstić information content (AvgIpc) is 3.04. The molecule has 1 heterocycles. The van der Waals surface area contributed by atoms with Gasteiger partial charge in [-0.2, -0.15) is 0 Å². The zero-order valence-electron chi connectivity index (χ0n) is 17.3. The number of rotatable bonds is 8. The highest BCUT2D eigenvalue weighted by Gasteiger charge is 2.18. The predicted molar refractivity (Wildman–Crippen MR) is 112 cm³/mol. The van der Waals surface area contributed by atoms with Crippen molar-refractivity contribution in [2.45, 2.75) is 27.2 Å². The molecular weight excluding hydrogens is 385 g/mol. The molecule has 6 heteroatoms. The van der Waals surface area contributed by atoms with E-state index in [-0.39, 0.29) is 24.8 Å². The van der Waals surface area contributed by atoms with Gasteiger partial charge in [-0.15, -0.1) is 0 Å². The largest absolute Gasteiger partial charge is 0.482 e. The molecule has 5 nitrogen and oxygen atoms in total. The van der Waals surface area contributed by atoms with E-state index in [1.165, 1.54) is 17.7 Å². The van der Waals surface area contributed by atoms with Crippen molar-refractivity contribution >= 4 is 11.8 Å². The first kappa shape index (κ1) is 21.3. The van der Waals surface area contributed by atoms with Crippen LogP contribution in [0.5, 0.6) is 5.75 Å². The Labute approximate surface area is 175 Å². The van der Waals surface area contributed by atoms with Crippen LogP contribution in [0.3, 0.4) is 0 Å². The SMILES string of the molecule is CCc1ccc(OCC(=O)OCC(=O)c2cc(C)n(-c3cccc(F)c3)c2C)cc1. The second-order valence-electron chi connectivity index (χ2n) is 6.97. The molecule has 0 unspecified atom stereocenters. The van der Waals surface area contributed by atoms with Gasteiger partial charge in [-0.3, -0.25) is 4.79 Å². The Bertz CT molecular complexity index is 1050. The summed E-state index contributed by atoms with van der Waals surface area (Å²) in [5, 5.41) is 0. The Balaban J connectivity index is 1.59. The summed E-state index contributed by atoms with van der Waals surface area (Å²) >= 11 is 0. The van der Waals surface area contributed by atoms with E-state index in [2.05, 4.69) is 6.92 Å². The number of carbonyl (C=O) groups is 2. The number of Topliss-reactive ketones (excluding diaryl/α,β-unsaturated/α-hetero) is 1. The van der Waals surface area contributed by atoms with Crippen molar-refractivity contribution < 1.29 is 23.5 Å². The topological polar surface area (TPSA) is 57.5 Å². The lowest BCUT2D eigenvalue weighted by Gasteiger charge is -2.10. The molecule has 0 radical (unpaired) electrons. The molecule has 3 aromatic rings. The summed E-state index contributed by atoms with van der Waals surface area (Å²) in [6.07, 6.45) is 0.921. The molecule has 0 N–H and O–H groups in total. The number of hydrogen-bond acceptors (Lipinski definition) is 4. The van der Waals surface area contributed by atoms with Crippen molar-refractivity contribution in [2.75, 3.05) is 13.2 Å². The molecule has 0 amide bonds. The molecule has 0 bridgehead atoms. The summed E-state index contributed by atoms with van der Waals surface area (Å²) < 4.78 is 25.8. The highest BCUT2D eigenvalue weighted by Crippen LogP contribution is 2.22. The second-order valence-corrected chi connectivity index (χ2v) is 6.97. The van der Waals surface area contributed by atoms with Crippen LogP contribution in [0.4, 0.5) is 4.39 Å². The van der Waals surface area contributed by atoms with E-state index in [4.69, 9.17) is 9.47 Å². The summed E-state index contributed by atoms with van der Waals surface area (Å²) in [6, 6.07) is 15.3. The van der Waals surface area contributed by atoms with Crippen LogP contribution in [0, 0.1) is 19.7 Å². The van der Waals surface area contributed by atoms with E-state index in [1.54, 1.807) is 41.8 Å². The smallest absolute Gasteiger partial charge is 0.344 e. The highest BCUT2D eigenvalue weighted by atomic mass is 19.1. The number of hydrogen-bond donors (Lipinski definition) is 0. The van der Waals surface area contributed by atoms with E-state index < -0.39 is 5.97 Å². The minimum atomic E-state index is -0.623. The molecule has 1 aromatic heterocycles. The Morgan fingerprint density at radius 2 is 1.73 bits per heavy atom. The molecule has 0 saturated heterocycles. The minimum Gasteiger partial charge on any atom is -0.482 e. The third-order valence-electron chi connectivity index (χ3n) is 4.85. The van der Waals surface area contributed by atoms with Gasteiger partial charge in [0.25, 0.3) is 0 Å². The van der Waals surface area contributed by atoms with Crippen LogP contribution in [0.15, 0.2) is 54.6 Å². The van der Waals surface area contributed by atoms with Gasteiger partial charge in [-0.05, 0) is 62.2 Å². The molecule has 0 aliphatic rings. The van der Waals surface area contributed by atoms with Gasteiger partial charge >= 0.3 is 5.97 Å². The van der Waals surface area contributed by atoms with Crippen LogP contribution in [-0.4, -0.2) is 29.5 Å². The van der Waals surface area contributed by atoms with Gasteiger partial charge in [0.1, 0.15) is 11.6 Å². The lowest BCUT2D eigenvalue weighted by atomic mass is 10.1. The standard InChI is InChI=1S/C24H24FNO4/c1-4-18-8-10-21(11-9-18)29-15-24(28)30-14-23(27)22-12-16(2)26(17(22)3)20-7-5-6-19(25)13-20/h5-13H,4,14-15H2,1-3H3. The van der Waals surface area contributed by atoms with Crippen molar-refractivity contribution in [1.29, 1.82) is 0 Å². The summed E-state index contributed by atoms with van der Waals surface area (Å²) in [5.74, 6) is -0.742. The Kier molecular flexibility index (Phi) is 6.67. The quantitative estimate of drug-likeness (QED) is 0.403. The van der Waals surface area contributed by atoms with Gasteiger partial charge < -0.3 is 14.0 Å². The lowest BCUT2D eigenvalue weighted by molar-refractivity contribution is -0.144. The molecule has 2 aromatic carbocycles. The maximum atomic E-state index is 13.6. The number of halogens is 1. The van der Waals surface area contributed by atoms with Crippen LogP contribution < -0.4 is 4.74 Å². The summed E-state index contributed by atoms with van der Waals surface area (Å²) in [7, 11) is 0. The van der Waals surface area contributed by atoms with Crippen molar-refractivity contribution in [3.63, 3.8) is 0 Å². The summed E-state index contributed by atoms with van der Waals surface area (Å²) in [4.78, 5) is 24.5. The third kappa shape index (κ3) is 4.95. The van der Waals surface area contributed by atoms with E-state index in [9.17, 15) is 14.0 Å². The van der Waals surface area contributed by atoms with Gasteiger partial charge in [0.2, 0.25) is 5.78 Å². The van der Waals surface area contributed by atoms with Gasteiger partial charge in [0, 0.05) is 22.6 Å².